The Kier molecular flexibility index (Phi) is 3.61. The van der Waals surface area contributed by atoms with Gasteiger partial charge in [-0.15, -0.1) is 0 Å². The molecule has 1 spiro atoms. The average molecular weight is 337 g/mol. The molecule has 7 heteroatoms. The van der Waals surface area contributed by atoms with E-state index < -0.39 is 14.6 Å². The lowest BCUT2D eigenvalue weighted by Crippen LogP contribution is -2.67. The summed E-state index contributed by atoms with van der Waals surface area (Å²) < 4.78 is 30.3. The molecule has 0 aromatic carbocycles. The van der Waals surface area contributed by atoms with Crippen molar-refractivity contribution in [1.82, 2.24) is 14.9 Å². The van der Waals surface area contributed by atoms with E-state index in [0.717, 1.165) is 18.2 Å². The molecule has 0 radical (unpaired) electrons. The van der Waals surface area contributed by atoms with Crippen LogP contribution in [-0.4, -0.2) is 60.0 Å². The van der Waals surface area contributed by atoms with Gasteiger partial charge in [-0.25, -0.2) is 18.4 Å². The summed E-state index contributed by atoms with van der Waals surface area (Å²) in [6, 6.07) is 2.16. The van der Waals surface area contributed by atoms with Crippen molar-refractivity contribution in [1.29, 1.82) is 0 Å². The lowest BCUT2D eigenvalue weighted by Gasteiger charge is -2.50. The third-order valence-corrected chi connectivity index (χ3v) is 8.08. The predicted octanol–water partition coefficient (Wildman–Crippen LogP) is 1.06. The highest BCUT2D eigenvalue weighted by atomic mass is 32.2. The molecule has 0 amide bonds. The van der Waals surface area contributed by atoms with Gasteiger partial charge in [0.25, 0.3) is 0 Å². The topological polar surface area (TPSA) is 72.4 Å². The Balaban J connectivity index is 1.43. The summed E-state index contributed by atoms with van der Waals surface area (Å²) in [5.74, 6) is 1.13. The van der Waals surface area contributed by atoms with Gasteiger partial charge >= 0.3 is 6.01 Å². The molecule has 3 aliphatic rings. The smallest absolute Gasteiger partial charge is 0.316 e. The zero-order valence-electron chi connectivity index (χ0n) is 13.4. The number of hydrogen-bond acceptors (Lipinski definition) is 6. The summed E-state index contributed by atoms with van der Waals surface area (Å²) in [5.41, 5.74) is 0.850. The molecule has 0 N–H and O–H groups in total. The molecule has 4 rings (SSSR count). The Bertz CT molecular complexity index is 696. The van der Waals surface area contributed by atoms with Gasteiger partial charge in [-0.2, -0.15) is 0 Å². The third kappa shape index (κ3) is 2.74. The highest BCUT2D eigenvalue weighted by Crippen LogP contribution is 2.46. The zero-order valence-corrected chi connectivity index (χ0v) is 14.3. The average Bonchev–Trinajstić information content (AvgIpc) is 3.22. The lowest BCUT2D eigenvalue weighted by atomic mass is 9.83. The number of aromatic nitrogens is 2. The molecule has 1 atom stereocenters. The minimum absolute atomic E-state index is 0.0482. The van der Waals surface area contributed by atoms with Crippen molar-refractivity contribution in [2.75, 3.05) is 32.0 Å². The predicted molar refractivity (Wildman–Crippen MR) is 86.1 cm³/mol. The van der Waals surface area contributed by atoms with Crippen molar-refractivity contribution in [2.45, 2.75) is 30.9 Å². The number of aryl methyl sites for hydroxylation is 1. The van der Waals surface area contributed by atoms with Crippen LogP contribution in [0.15, 0.2) is 12.3 Å². The van der Waals surface area contributed by atoms with Crippen molar-refractivity contribution in [3.05, 3.63) is 18.0 Å². The molecular formula is C16H23N3O3S. The summed E-state index contributed by atoms with van der Waals surface area (Å²) in [5, 5.41) is 0. The van der Waals surface area contributed by atoms with Gasteiger partial charge in [0.2, 0.25) is 0 Å². The third-order valence-electron chi connectivity index (χ3n) is 5.48. The maximum Gasteiger partial charge on any atom is 0.316 e. The summed E-state index contributed by atoms with van der Waals surface area (Å²) in [6.07, 6.45) is 4.95. The van der Waals surface area contributed by atoms with Gasteiger partial charge in [-0.1, -0.05) is 0 Å². The molecule has 1 aromatic rings. The van der Waals surface area contributed by atoms with Crippen molar-refractivity contribution in [3.8, 4) is 6.01 Å². The Labute approximate surface area is 137 Å². The SMILES string of the molecule is Cc1ccnc(OC[C@@H]2CCS(=O)(=O)C23CN(CC2CC2)C3)n1. The van der Waals surface area contributed by atoms with Crippen LogP contribution in [0.4, 0.5) is 0 Å². The molecule has 1 saturated carbocycles. The normalized spacial score (nSPS) is 28.7. The van der Waals surface area contributed by atoms with Crippen LogP contribution in [0.5, 0.6) is 6.01 Å². The Morgan fingerprint density at radius 2 is 2.13 bits per heavy atom. The van der Waals surface area contributed by atoms with Gasteiger partial charge in [0.15, 0.2) is 9.84 Å². The van der Waals surface area contributed by atoms with Gasteiger partial charge in [0.1, 0.15) is 4.75 Å². The van der Waals surface area contributed by atoms with E-state index in [1.54, 1.807) is 6.20 Å². The molecule has 1 aromatic heterocycles. The Morgan fingerprint density at radius 3 is 2.83 bits per heavy atom. The van der Waals surface area contributed by atoms with E-state index in [1.807, 2.05) is 13.0 Å². The first-order chi connectivity index (χ1) is 11.0. The van der Waals surface area contributed by atoms with Gasteiger partial charge in [-0.05, 0) is 38.2 Å². The molecule has 126 valence electrons. The van der Waals surface area contributed by atoms with Crippen LogP contribution in [-0.2, 0) is 9.84 Å². The monoisotopic (exact) mass is 337 g/mol. The fraction of sp³-hybridized carbons (Fsp3) is 0.750. The van der Waals surface area contributed by atoms with Gasteiger partial charge in [-0.3, -0.25) is 4.90 Å². The van der Waals surface area contributed by atoms with Gasteiger partial charge in [0.05, 0.1) is 12.4 Å². The molecular weight excluding hydrogens is 314 g/mol. The molecule has 6 nitrogen and oxygen atoms in total. The summed E-state index contributed by atoms with van der Waals surface area (Å²) >= 11 is 0. The first kappa shape index (κ1) is 15.3. The second kappa shape index (κ2) is 5.41. The van der Waals surface area contributed by atoms with Crippen molar-refractivity contribution >= 4 is 9.84 Å². The van der Waals surface area contributed by atoms with E-state index >= 15 is 0 Å². The second-order valence-electron chi connectivity index (χ2n) is 7.27. The van der Waals surface area contributed by atoms with Crippen molar-refractivity contribution in [2.24, 2.45) is 11.8 Å². The van der Waals surface area contributed by atoms with E-state index in [-0.39, 0.29) is 11.7 Å². The van der Waals surface area contributed by atoms with Crippen LogP contribution in [0, 0.1) is 18.8 Å². The molecule has 23 heavy (non-hydrogen) atoms. The first-order valence-electron chi connectivity index (χ1n) is 8.36. The number of rotatable bonds is 5. The van der Waals surface area contributed by atoms with Gasteiger partial charge in [0, 0.05) is 37.4 Å². The molecule has 1 aliphatic carbocycles. The fourth-order valence-electron chi connectivity index (χ4n) is 3.88. The van der Waals surface area contributed by atoms with Crippen molar-refractivity contribution in [3.63, 3.8) is 0 Å². The van der Waals surface area contributed by atoms with Crippen LogP contribution >= 0.6 is 0 Å². The molecule has 0 bridgehead atoms. The standard InChI is InChI=1S/C16H23N3O3S/c1-12-4-6-17-15(18-12)22-9-14-5-7-23(20,21)16(14)10-19(11-16)8-13-2-3-13/h4,6,13-14H,2-3,5,7-11H2,1H3/t14-/m0/s1. The largest absolute Gasteiger partial charge is 0.463 e. The summed E-state index contributed by atoms with van der Waals surface area (Å²) in [7, 11) is -3.02. The first-order valence-corrected chi connectivity index (χ1v) is 10.0. The number of likely N-dealkylation sites (tertiary alicyclic amines) is 1. The Hall–Kier alpha value is -1.21. The lowest BCUT2D eigenvalue weighted by molar-refractivity contribution is 0.0595. The van der Waals surface area contributed by atoms with E-state index in [2.05, 4.69) is 14.9 Å². The summed E-state index contributed by atoms with van der Waals surface area (Å²) in [6.45, 7) is 4.69. The minimum atomic E-state index is -3.02. The maximum atomic E-state index is 12.6. The summed E-state index contributed by atoms with van der Waals surface area (Å²) in [4.78, 5) is 10.6. The molecule has 3 heterocycles. The highest BCUT2D eigenvalue weighted by Gasteiger charge is 2.61. The van der Waals surface area contributed by atoms with Gasteiger partial charge < -0.3 is 4.74 Å². The fourth-order valence-corrected chi connectivity index (χ4v) is 6.34. The second-order valence-corrected chi connectivity index (χ2v) is 9.72. The number of sulfone groups is 1. The number of nitrogens with zero attached hydrogens (tertiary/aromatic N) is 3. The molecule has 2 aliphatic heterocycles. The van der Waals surface area contributed by atoms with E-state index in [0.29, 0.717) is 32.1 Å². The maximum absolute atomic E-state index is 12.6. The number of hydrogen-bond donors (Lipinski definition) is 0. The van der Waals surface area contributed by atoms with E-state index in [4.69, 9.17) is 4.74 Å². The van der Waals surface area contributed by atoms with Crippen LogP contribution in [0.25, 0.3) is 0 Å². The minimum Gasteiger partial charge on any atom is -0.463 e. The van der Waals surface area contributed by atoms with E-state index in [1.165, 1.54) is 12.8 Å². The molecule has 0 unspecified atom stereocenters. The Morgan fingerprint density at radius 1 is 1.35 bits per heavy atom. The van der Waals surface area contributed by atoms with Crippen LogP contribution in [0.1, 0.15) is 25.0 Å². The zero-order chi connectivity index (χ0) is 16.1. The van der Waals surface area contributed by atoms with Crippen molar-refractivity contribution < 1.29 is 13.2 Å². The van der Waals surface area contributed by atoms with E-state index in [9.17, 15) is 8.42 Å². The number of ether oxygens (including phenoxy) is 1. The van der Waals surface area contributed by atoms with Crippen LogP contribution < -0.4 is 4.74 Å². The molecule has 3 fully saturated rings. The quantitative estimate of drug-likeness (QED) is 0.800. The van der Waals surface area contributed by atoms with Crippen LogP contribution in [0.3, 0.4) is 0 Å². The highest BCUT2D eigenvalue weighted by molar-refractivity contribution is 7.93. The molecule has 2 saturated heterocycles. The van der Waals surface area contributed by atoms with Crippen LogP contribution in [0.2, 0.25) is 0 Å².